The molecule has 4 heteroatoms. The van der Waals surface area contributed by atoms with Crippen molar-refractivity contribution < 1.29 is 9.59 Å². The fraction of sp³-hybridized carbons (Fsp3) is 0.667. The number of rotatable bonds is 5. The summed E-state index contributed by atoms with van der Waals surface area (Å²) in [5.74, 6) is 1.48. The highest BCUT2D eigenvalue weighted by molar-refractivity contribution is 6.39. The van der Waals surface area contributed by atoms with Crippen LogP contribution in [0.5, 0.6) is 0 Å². The molecule has 4 nitrogen and oxygen atoms in total. The minimum atomic E-state index is -0.535. The van der Waals surface area contributed by atoms with Gasteiger partial charge in [0.15, 0.2) is 0 Å². The summed E-state index contributed by atoms with van der Waals surface area (Å²) in [6.07, 6.45) is 9.47. The van der Waals surface area contributed by atoms with E-state index in [1.54, 1.807) is 0 Å². The van der Waals surface area contributed by atoms with Gasteiger partial charge >= 0.3 is 11.8 Å². The van der Waals surface area contributed by atoms with Gasteiger partial charge in [0.1, 0.15) is 0 Å². The Morgan fingerprint density at radius 3 is 1.93 bits per heavy atom. The van der Waals surface area contributed by atoms with Gasteiger partial charge in [-0.3, -0.25) is 9.59 Å². The van der Waals surface area contributed by atoms with E-state index in [2.05, 4.69) is 31.4 Å². The third-order valence-corrected chi connectivity index (χ3v) is 7.80. The summed E-state index contributed by atoms with van der Waals surface area (Å²) < 4.78 is 0. The Morgan fingerprint density at radius 2 is 1.46 bits per heavy atom. The van der Waals surface area contributed by atoms with Gasteiger partial charge in [-0.05, 0) is 92.6 Å². The minimum Gasteiger partial charge on any atom is -0.345 e. The van der Waals surface area contributed by atoms with Crippen LogP contribution in [-0.2, 0) is 22.4 Å². The van der Waals surface area contributed by atoms with Crippen LogP contribution >= 0.6 is 0 Å². The van der Waals surface area contributed by atoms with Crippen LogP contribution in [0.1, 0.15) is 70.4 Å². The number of carbonyl (C=O) groups excluding carboxylic acids is 2. The number of carbonyl (C=O) groups is 2. The molecule has 0 aromatic heterocycles. The first-order valence-corrected chi connectivity index (χ1v) is 11.2. The molecule has 1 unspecified atom stereocenters. The second kappa shape index (κ2) is 7.53. The highest BCUT2D eigenvalue weighted by atomic mass is 16.2. The van der Waals surface area contributed by atoms with Crippen molar-refractivity contribution in [3.05, 3.63) is 29.3 Å². The molecule has 4 fully saturated rings. The number of nitrogens with one attached hydrogen (secondary N) is 2. The predicted molar refractivity (Wildman–Crippen MR) is 112 cm³/mol. The van der Waals surface area contributed by atoms with Gasteiger partial charge in [0.25, 0.3) is 0 Å². The van der Waals surface area contributed by atoms with E-state index in [0.717, 1.165) is 47.4 Å². The second-order valence-electron chi connectivity index (χ2n) is 9.59. The summed E-state index contributed by atoms with van der Waals surface area (Å²) in [5, 5.41) is 5.99. The Morgan fingerprint density at radius 1 is 0.964 bits per heavy atom. The van der Waals surface area contributed by atoms with Crippen molar-refractivity contribution >= 4 is 17.5 Å². The monoisotopic (exact) mass is 382 g/mol. The maximum atomic E-state index is 12.7. The molecule has 1 atom stereocenters. The molecule has 4 aliphatic carbocycles. The zero-order valence-corrected chi connectivity index (χ0v) is 17.5. The molecule has 0 radical (unpaired) electrons. The largest absolute Gasteiger partial charge is 0.345 e. The summed E-state index contributed by atoms with van der Waals surface area (Å²) in [6, 6.07) is 6.11. The van der Waals surface area contributed by atoms with Gasteiger partial charge in [-0.2, -0.15) is 0 Å². The lowest BCUT2D eigenvalue weighted by atomic mass is 9.48. The van der Waals surface area contributed by atoms with Crippen LogP contribution in [0, 0.1) is 23.2 Å². The van der Waals surface area contributed by atoms with Gasteiger partial charge in [-0.1, -0.05) is 32.0 Å². The normalized spacial score (nSPS) is 31.5. The molecule has 152 valence electrons. The van der Waals surface area contributed by atoms with Crippen LogP contribution in [0.15, 0.2) is 18.2 Å². The molecule has 28 heavy (non-hydrogen) atoms. The maximum absolute atomic E-state index is 12.7. The summed E-state index contributed by atoms with van der Waals surface area (Å²) in [5.41, 5.74) is 3.18. The summed E-state index contributed by atoms with van der Waals surface area (Å²) in [7, 11) is 0. The zero-order chi connectivity index (χ0) is 19.9. The number of hydrogen-bond acceptors (Lipinski definition) is 2. The number of aryl methyl sites for hydroxylation is 2. The lowest BCUT2D eigenvalue weighted by Crippen LogP contribution is -2.57. The molecule has 0 aliphatic heterocycles. The van der Waals surface area contributed by atoms with Gasteiger partial charge in [0, 0.05) is 11.7 Å². The Labute approximate surface area is 168 Å². The second-order valence-corrected chi connectivity index (χ2v) is 9.59. The SMILES string of the molecule is CCc1cccc(CC)c1NC(=O)C(=O)NC(C)C12CC3CC(CC(C3)C1)C2. The Balaban J connectivity index is 1.44. The van der Waals surface area contributed by atoms with Crippen LogP contribution < -0.4 is 10.6 Å². The van der Waals surface area contributed by atoms with E-state index in [9.17, 15) is 9.59 Å². The van der Waals surface area contributed by atoms with Gasteiger partial charge in [-0.15, -0.1) is 0 Å². The Hall–Kier alpha value is -1.84. The molecule has 0 spiro atoms. The molecule has 4 saturated carbocycles. The van der Waals surface area contributed by atoms with Crippen LogP contribution in [0.25, 0.3) is 0 Å². The van der Waals surface area contributed by atoms with Crippen LogP contribution in [0.3, 0.4) is 0 Å². The van der Waals surface area contributed by atoms with Crippen molar-refractivity contribution in [3.63, 3.8) is 0 Å². The Kier molecular flexibility index (Phi) is 5.24. The van der Waals surface area contributed by atoms with Gasteiger partial charge < -0.3 is 10.6 Å². The van der Waals surface area contributed by atoms with Crippen LogP contribution in [0.2, 0.25) is 0 Å². The average Bonchev–Trinajstić information content (AvgIpc) is 2.66. The topological polar surface area (TPSA) is 58.2 Å². The fourth-order valence-corrected chi connectivity index (χ4v) is 6.70. The zero-order valence-electron chi connectivity index (χ0n) is 17.5. The highest BCUT2D eigenvalue weighted by Crippen LogP contribution is 2.61. The number of anilines is 1. The smallest absolute Gasteiger partial charge is 0.313 e. The van der Waals surface area contributed by atoms with Gasteiger partial charge in [0.2, 0.25) is 0 Å². The van der Waals surface area contributed by atoms with Crippen LogP contribution in [-0.4, -0.2) is 17.9 Å². The van der Waals surface area contributed by atoms with Crippen molar-refractivity contribution in [2.75, 3.05) is 5.32 Å². The van der Waals surface area contributed by atoms with Crippen LogP contribution in [0.4, 0.5) is 5.69 Å². The minimum absolute atomic E-state index is 0.0613. The van der Waals surface area contributed by atoms with Gasteiger partial charge in [0.05, 0.1) is 0 Å². The maximum Gasteiger partial charge on any atom is 0.313 e. The molecule has 4 aliphatic rings. The Bertz CT molecular complexity index is 712. The van der Waals surface area contributed by atoms with E-state index in [1.807, 2.05) is 18.2 Å². The molecule has 4 bridgehead atoms. The summed E-state index contributed by atoms with van der Waals surface area (Å²) in [6.45, 7) is 6.26. The summed E-state index contributed by atoms with van der Waals surface area (Å²) >= 11 is 0. The first-order chi connectivity index (χ1) is 13.4. The number of para-hydroxylation sites is 1. The number of hydrogen-bond donors (Lipinski definition) is 2. The number of benzene rings is 1. The van der Waals surface area contributed by atoms with E-state index < -0.39 is 11.8 Å². The summed E-state index contributed by atoms with van der Waals surface area (Å²) in [4.78, 5) is 25.4. The lowest BCUT2D eigenvalue weighted by Gasteiger charge is -2.59. The third kappa shape index (κ3) is 3.46. The molecule has 1 aromatic rings. The average molecular weight is 383 g/mol. The fourth-order valence-electron chi connectivity index (χ4n) is 6.70. The number of amides is 2. The van der Waals surface area contributed by atoms with Crippen molar-refractivity contribution in [2.24, 2.45) is 23.2 Å². The standard InChI is InChI=1S/C24H34N2O2/c1-4-19-7-6-8-20(5-2)21(19)26-23(28)22(27)25-15(3)24-12-16-9-17(13-24)11-18(10-16)14-24/h6-8,15-18H,4-5,9-14H2,1-3H3,(H,25,27)(H,26,28). The first kappa shape index (κ1) is 19.5. The van der Waals surface area contributed by atoms with Crippen molar-refractivity contribution in [2.45, 2.75) is 78.2 Å². The van der Waals surface area contributed by atoms with Crippen molar-refractivity contribution in [1.82, 2.24) is 5.32 Å². The van der Waals surface area contributed by atoms with Crippen molar-refractivity contribution in [3.8, 4) is 0 Å². The van der Waals surface area contributed by atoms with Crippen molar-refractivity contribution in [1.29, 1.82) is 0 Å². The molecule has 1 aromatic carbocycles. The van der Waals surface area contributed by atoms with E-state index in [1.165, 1.54) is 38.5 Å². The molecule has 0 heterocycles. The van der Waals surface area contributed by atoms with E-state index in [-0.39, 0.29) is 11.5 Å². The molecule has 2 amide bonds. The molecule has 2 N–H and O–H groups in total. The molecular weight excluding hydrogens is 348 g/mol. The van der Waals surface area contributed by atoms with E-state index >= 15 is 0 Å². The molecule has 5 rings (SSSR count). The van der Waals surface area contributed by atoms with E-state index in [0.29, 0.717) is 0 Å². The quantitative estimate of drug-likeness (QED) is 0.738. The predicted octanol–water partition coefficient (Wildman–Crippen LogP) is 4.47. The lowest BCUT2D eigenvalue weighted by molar-refractivity contribution is -0.138. The first-order valence-electron chi connectivity index (χ1n) is 11.2. The third-order valence-electron chi connectivity index (χ3n) is 7.80. The molecule has 0 saturated heterocycles. The van der Waals surface area contributed by atoms with E-state index in [4.69, 9.17) is 0 Å². The van der Waals surface area contributed by atoms with Gasteiger partial charge in [-0.25, -0.2) is 0 Å². The molecular formula is C24H34N2O2. The highest BCUT2D eigenvalue weighted by Gasteiger charge is 2.53.